The summed E-state index contributed by atoms with van der Waals surface area (Å²) in [6.07, 6.45) is 7.44. The first-order valence-corrected chi connectivity index (χ1v) is 10.9. The lowest BCUT2D eigenvalue weighted by molar-refractivity contribution is 0.0693. The molecule has 176 valence electrons. The van der Waals surface area contributed by atoms with E-state index in [4.69, 9.17) is 9.84 Å². The standard InChI is InChI=1S/C16H19N3O.C10H7NO2.ClH/c1-12-11-13(4-10-18-12)15-3-2-7-19-16(15)20-14-5-8-17-9-6-14;12-10(13)9-8-4-2-1-3-7(8)5-6-11-9;/h2-4,7,10-11,14,17H,5-6,8-9H2,1H3;1-6H,(H,12,13);1H. The number of hydrogen-bond acceptors (Lipinski definition) is 6. The average molecular weight is 479 g/mol. The Labute approximate surface area is 204 Å². The van der Waals surface area contributed by atoms with Crippen molar-refractivity contribution in [3.8, 4) is 17.0 Å². The van der Waals surface area contributed by atoms with Gasteiger partial charge in [-0.1, -0.05) is 24.3 Å². The van der Waals surface area contributed by atoms with E-state index in [2.05, 4.69) is 32.4 Å². The van der Waals surface area contributed by atoms with Crippen LogP contribution >= 0.6 is 12.4 Å². The molecule has 34 heavy (non-hydrogen) atoms. The van der Waals surface area contributed by atoms with Crippen LogP contribution in [0.15, 0.2) is 73.2 Å². The number of carboxylic acids is 1. The molecule has 0 saturated carbocycles. The lowest BCUT2D eigenvalue weighted by Gasteiger charge is -2.24. The Kier molecular flexibility index (Phi) is 8.90. The molecule has 1 saturated heterocycles. The molecule has 4 aromatic rings. The fourth-order valence-corrected chi connectivity index (χ4v) is 3.78. The Morgan fingerprint density at radius 3 is 2.50 bits per heavy atom. The first-order chi connectivity index (χ1) is 16.1. The molecule has 7 nitrogen and oxygen atoms in total. The summed E-state index contributed by atoms with van der Waals surface area (Å²) in [5, 5.41) is 13.7. The predicted octanol–water partition coefficient (Wildman–Crippen LogP) is 4.94. The van der Waals surface area contributed by atoms with E-state index in [1.54, 1.807) is 24.4 Å². The number of carboxylic acid groups (broad SMARTS) is 1. The van der Waals surface area contributed by atoms with E-state index < -0.39 is 5.97 Å². The van der Waals surface area contributed by atoms with Crippen LogP contribution in [0.4, 0.5) is 0 Å². The van der Waals surface area contributed by atoms with Crippen LogP contribution in [0, 0.1) is 6.92 Å². The first-order valence-electron chi connectivity index (χ1n) is 10.9. The van der Waals surface area contributed by atoms with Crippen molar-refractivity contribution >= 4 is 29.1 Å². The number of benzene rings is 1. The van der Waals surface area contributed by atoms with Crippen molar-refractivity contribution in [1.29, 1.82) is 0 Å². The molecule has 0 bridgehead atoms. The highest BCUT2D eigenvalue weighted by molar-refractivity contribution is 6.01. The Bertz CT molecular complexity index is 1240. The Balaban J connectivity index is 0.000000201. The number of aromatic carboxylic acids is 1. The Hall–Kier alpha value is -3.55. The largest absolute Gasteiger partial charge is 0.476 e. The predicted molar refractivity (Wildman–Crippen MR) is 135 cm³/mol. The summed E-state index contributed by atoms with van der Waals surface area (Å²) < 4.78 is 6.11. The van der Waals surface area contributed by atoms with E-state index in [1.165, 1.54) is 6.20 Å². The maximum Gasteiger partial charge on any atom is 0.355 e. The van der Waals surface area contributed by atoms with Crippen molar-refractivity contribution in [3.63, 3.8) is 0 Å². The summed E-state index contributed by atoms with van der Waals surface area (Å²) in [5.74, 6) is -0.262. The summed E-state index contributed by atoms with van der Waals surface area (Å²) in [6.45, 7) is 4.02. The van der Waals surface area contributed by atoms with Crippen molar-refractivity contribution in [2.24, 2.45) is 0 Å². The summed E-state index contributed by atoms with van der Waals surface area (Å²) in [6, 6.07) is 17.1. The average Bonchev–Trinajstić information content (AvgIpc) is 2.85. The van der Waals surface area contributed by atoms with Gasteiger partial charge in [-0.25, -0.2) is 14.8 Å². The van der Waals surface area contributed by atoms with Crippen LogP contribution in [-0.2, 0) is 0 Å². The topological polar surface area (TPSA) is 97.2 Å². The molecule has 8 heteroatoms. The van der Waals surface area contributed by atoms with Crippen LogP contribution in [0.1, 0.15) is 29.0 Å². The maximum atomic E-state index is 10.8. The molecule has 3 aromatic heterocycles. The summed E-state index contributed by atoms with van der Waals surface area (Å²) >= 11 is 0. The van der Waals surface area contributed by atoms with Crippen molar-refractivity contribution in [2.45, 2.75) is 25.9 Å². The molecule has 0 atom stereocenters. The second kappa shape index (κ2) is 12.1. The van der Waals surface area contributed by atoms with Crippen LogP contribution in [0.5, 0.6) is 5.88 Å². The lowest BCUT2D eigenvalue weighted by Crippen LogP contribution is -2.34. The highest BCUT2D eigenvalue weighted by Gasteiger charge is 2.17. The molecule has 4 heterocycles. The Morgan fingerprint density at radius 2 is 1.74 bits per heavy atom. The van der Waals surface area contributed by atoms with Gasteiger partial charge in [0.05, 0.1) is 0 Å². The van der Waals surface area contributed by atoms with Crippen LogP contribution in [0.25, 0.3) is 21.9 Å². The van der Waals surface area contributed by atoms with Crippen LogP contribution in [0.2, 0.25) is 0 Å². The maximum absolute atomic E-state index is 10.8. The van der Waals surface area contributed by atoms with Gasteiger partial charge >= 0.3 is 5.97 Å². The minimum atomic E-state index is -0.989. The zero-order valence-corrected chi connectivity index (χ0v) is 19.7. The molecule has 0 unspecified atom stereocenters. The van der Waals surface area contributed by atoms with Gasteiger partial charge in [0.2, 0.25) is 5.88 Å². The molecule has 2 N–H and O–H groups in total. The number of nitrogens with zero attached hydrogens (tertiary/aromatic N) is 3. The van der Waals surface area contributed by atoms with Crippen LogP contribution in [-0.4, -0.2) is 45.2 Å². The van der Waals surface area contributed by atoms with Crippen molar-refractivity contribution in [1.82, 2.24) is 20.3 Å². The second-order valence-corrected chi connectivity index (χ2v) is 7.80. The third kappa shape index (κ3) is 6.27. The van der Waals surface area contributed by atoms with Crippen molar-refractivity contribution in [2.75, 3.05) is 13.1 Å². The molecule has 0 spiro atoms. The van der Waals surface area contributed by atoms with Gasteiger partial charge in [-0.15, -0.1) is 12.4 Å². The normalized spacial score (nSPS) is 13.3. The number of piperidine rings is 1. The zero-order valence-electron chi connectivity index (χ0n) is 18.8. The number of hydrogen-bond donors (Lipinski definition) is 2. The van der Waals surface area contributed by atoms with Gasteiger partial charge in [0, 0.05) is 35.2 Å². The third-order valence-corrected chi connectivity index (χ3v) is 5.42. The van der Waals surface area contributed by atoms with Gasteiger partial charge in [-0.2, -0.15) is 0 Å². The quantitative estimate of drug-likeness (QED) is 0.428. The lowest BCUT2D eigenvalue weighted by atomic mass is 10.1. The van der Waals surface area contributed by atoms with Gasteiger partial charge in [-0.3, -0.25) is 4.98 Å². The minimum Gasteiger partial charge on any atom is -0.476 e. The number of carbonyl (C=O) groups is 1. The molecule has 1 aliphatic heterocycles. The summed E-state index contributed by atoms with van der Waals surface area (Å²) in [4.78, 5) is 23.2. The molecule has 0 radical (unpaired) electrons. The molecule has 0 aliphatic carbocycles. The number of aromatic nitrogens is 3. The molecule has 1 aromatic carbocycles. The monoisotopic (exact) mass is 478 g/mol. The van der Waals surface area contributed by atoms with Gasteiger partial charge in [0.15, 0.2) is 5.69 Å². The third-order valence-electron chi connectivity index (χ3n) is 5.42. The van der Waals surface area contributed by atoms with E-state index in [-0.39, 0.29) is 24.2 Å². The second-order valence-electron chi connectivity index (χ2n) is 7.80. The first kappa shape index (κ1) is 25.1. The SMILES string of the molecule is Cc1cc(-c2cccnc2OC2CCNCC2)ccn1.Cl.O=C(O)c1nccc2ccccc12. The number of pyridine rings is 3. The van der Waals surface area contributed by atoms with E-state index in [1.807, 2.05) is 37.4 Å². The molecule has 1 fully saturated rings. The number of fused-ring (bicyclic) bond motifs is 1. The fourth-order valence-electron chi connectivity index (χ4n) is 3.78. The van der Waals surface area contributed by atoms with E-state index >= 15 is 0 Å². The molecular formula is C26H27ClN4O3. The fraction of sp³-hybridized carbons (Fsp3) is 0.231. The smallest absolute Gasteiger partial charge is 0.355 e. The zero-order chi connectivity index (χ0) is 23.0. The number of rotatable bonds is 4. The van der Waals surface area contributed by atoms with Gasteiger partial charge in [0.1, 0.15) is 6.10 Å². The van der Waals surface area contributed by atoms with Gasteiger partial charge in [0.25, 0.3) is 0 Å². The highest BCUT2D eigenvalue weighted by Crippen LogP contribution is 2.29. The summed E-state index contributed by atoms with van der Waals surface area (Å²) in [7, 11) is 0. The van der Waals surface area contributed by atoms with Gasteiger partial charge < -0.3 is 15.2 Å². The van der Waals surface area contributed by atoms with Gasteiger partial charge in [-0.05, 0) is 74.1 Å². The summed E-state index contributed by atoms with van der Waals surface area (Å²) in [5.41, 5.74) is 3.25. The van der Waals surface area contributed by atoms with Crippen LogP contribution < -0.4 is 10.1 Å². The number of nitrogens with one attached hydrogen (secondary N) is 1. The van der Waals surface area contributed by atoms with Crippen molar-refractivity contribution < 1.29 is 14.6 Å². The van der Waals surface area contributed by atoms with Crippen LogP contribution in [0.3, 0.4) is 0 Å². The number of halogens is 1. The van der Waals surface area contributed by atoms with E-state index in [0.29, 0.717) is 5.39 Å². The number of ether oxygens (including phenoxy) is 1. The molecule has 1 aliphatic rings. The molecule has 0 amide bonds. The van der Waals surface area contributed by atoms with Crippen molar-refractivity contribution in [3.05, 3.63) is 84.6 Å². The Morgan fingerprint density at radius 1 is 0.971 bits per heavy atom. The number of aryl methyl sites for hydroxylation is 1. The minimum absolute atomic E-state index is 0. The molecule has 5 rings (SSSR count). The van der Waals surface area contributed by atoms with E-state index in [9.17, 15) is 4.79 Å². The molecular weight excluding hydrogens is 452 g/mol. The van der Waals surface area contributed by atoms with E-state index in [0.717, 1.165) is 54.0 Å². The highest BCUT2D eigenvalue weighted by atomic mass is 35.5.